The smallest absolute Gasteiger partial charge is 0.322 e. The minimum atomic E-state index is -0.988. The van der Waals surface area contributed by atoms with Crippen molar-refractivity contribution in [1.29, 1.82) is 0 Å². The molecule has 0 aliphatic rings. The highest BCUT2D eigenvalue weighted by molar-refractivity contribution is 5.78. The Bertz CT molecular complexity index is 588. The molecule has 0 aliphatic heterocycles. The number of hydrogen-bond acceptors (Lipinski definition) is 6. The van der Waals surface area contributed by atoms with E-state index in [9.17, 15) is 19.2 Å². The first-order valence-electron chi connectivity index (χ1n) is 13.3. The second-order valence-corrected chi connectivity index (χ2v) is 9.14. The summed E-state index contributed by atoms with van der Waals surface area (Å²) in [5, 5.41) is 23.0. The maximum Gasteiger partial charge on any atom is 0.322 e. The first kappa shape index (κ1) is 32.8. The van der Waals surface area contributed by atoms with Gasteiger partial charge < -0.3 is 20.8 Å². The van der Waals surface area contributed by atoms with Gasteiger partial charge in [-0.2, -0.15) is 0 Å². The van der Waals surface area contributed by atoms with E-state index in [1.165, 1.54) is 38.5 Å². The van der Waals surface area contributed by atoms with Crippen molar-refractivity contribution in [2.45, 2.75) is 122 Å². The molecule has 204 valence electrons. The lowest BCUT2D eigenvalue weighted by Crippen LogP contribution is -2.41. The minimum Gasteiger partial charge on any atom is -0.481 e. The number of carbonyl (C=O) groups excluding carboxylic acids is 2. The molecule has 0 saturated carbocycles. The second kappa shape index (κ2) is 23.5. The lowest BCUT2D eigenvalue weighted by Gasteiger charge is -2.10. The summed E-state index contributed by atoms with van der Waals surface area (Å²) < 4.78 is 0. The summed E-state index contributed by atoms with van der Waals surface area (Å²) in [7, 11) is 0. The average Bonchev–Trinajstić information content (AvgIpc) is 2.81. The zero-order valence-corrected chi connectivity index (χ0v) is 21.3. The Kier molecular flexibility index (Phi) is 22.1. The topological polar surface area (TPSA) is 171 Å². The lowest BCUT2D eigenvalue weighted by atomic mass is 10.0. The Morgan fingerprint density at radius 3 is 1.51 bits per heavy atom. The fourth-order valence-electron chi connectivity index (χ4n) is 3.80. The summed E-state index contributed by atoms with van der Waals surface area (Å²) in [5.41, 5.74) is 2.24. The Balaban J connectivity index is 3.39. The van der Waals surface area contributed by atoms with Crippen LogP contribution in [0.3, 0.4) is 0 Å². The Morgan fingerprint density at radius 2 is 1.03 bits per heavy atom. The van der Waals surface area contributed by atoms with Crippen LogP contribution < -0.4 is 21.9 Å². The Hall–Kier alpha value is -2.20. The molecule has 0 aromatic heterocycles. The van der Waals surface area contributed by atoms with Gasteiger partial charge in [-0.05, 0) is 32.1 Å². The molecule has 1 atom stereocenters. The molecule has 0 aromatic carbocycles. The number of hydrogen-bond donors (Lipinski definition) is 6. The monoisotopic (exact) mass is 500 g/mol. The number of hydrazine groups is 1. The highest BCUT2D eigenvalue weighted by atomic mass is 16.4. The molecule has 0 aromatic rings. The van der Waals surface area contributed by atoms with E-state index in [4.69, 9.17) is 16.1 Å². The van der Waals surface area contributed by atoms with Crippen molar-refractivity contribution in [3.63, 3.8) is 0 Å². The molecule has 10 heteroatoms. The molecular weight excluding hydrogens is 452 g/mol. The second-order valence-electron chi connectivity index (χ2n) is 9.14. The van der Waals surface area contributed by atoms with E-state index in [0.29, 0.717) is 38.8 Å². The van der Waals surface area contributed by atoms with Gasteiger partial charge in [0.1, 0.15) is 6.04 Å². The number of carboxylic acid groups (broad SMARTS) is 2. The van der Waals surface area contributed by atoms with E-state index >= 15 is 0 Å². The molecule has 0 aliphatic carbocycles. The molecule has 0 heterocycles. The molecule has 0 spiro atoms. The fraction of sp³-hybridized carbons (Fsp3) is 0.840. The number of aliphatic carboxylic acids is 2. The van der Waals surface area contributed by atoms with Crippen molar-refractivity contribution < 1.29 is 29.4 Å². The number of nitrogens with two attached hydrogens (primary N) is 1. The molecule has 0 radical (unpaired) electrons. The molecule has 0 bridgehead atoms. The van der Waals surface area contributed by atoms with Crippen LogP contribution in [-0.2, 0) is 19.2 Å². The summed E-state index contributed by atoms with van der Waals surface area (Å²) >= 11 is 0. The van der Waals surface area contributed by atoms with Crippen molar-refractivity contribution in [2.24, 2.45) is 5.84 Å². The number of carbonyl (C=O) groups is 4. The van der Waals surface area contributed by atoms with Gasteiger partial charge in [0.05, 0.1) is 0 Å². The van der Waals surface area contributed by atoms with E-state index in [-0.39, 0.29) is 24.7 Å². The predicted molar refractivity (Wildman–Crippen MR) is 136 cm³/mol. The van der Waals surface area contributed by atoms with E-state index in [1.54, 1.807) is 0 Å². The van der Waals surface area contributed by atoms with E-state index in [0.717, 1.165) is 38.5 Å². The number of unbranched alkanes of at least 4 members (excludes halogenated alkanes) is 12. The normalized spacial score (nSPS) is 11.7. The van der Waals surface area contributed by atoms with Crippen molar-refractivity contribution >= 4 is 23.8 Å². The lowest BCUT2D eigenvalue weighted by molar-refractivity contribution is -0.140. The Labute approximate surface area is 210 Å². The standard InChI is InChI=1S/C25H48N4O6/c26-29-21(25(34)35)15-13-14-19-27-23(31)18-20-28-22(30)16-11-9-7-5-3-1-2-4-6-8-10-12-17-24(32)33/h21,29H,1-20,26H2,(H,27,31)(H,28,30)(H,32,33)(H,34,35)/t21-/m0/s1. The van der Waals surface area contributed by atoms with E-state index in [1.807, 2.05) is 0 Å². The van der Waals surface area contributed by atoms with Gasteiger partial charge in [-0.3, -0.25) is 25.0 Å². The molecule has 0 unspecified atom stereocenters. The highest BCUT2D eigenvalue weighted by Gasteiger charge is 2.14. The van der Waals surface area contributed by atoms with Crippen LogP contribution in [0, 0.1) is 0 Å². The van der Waals surface area contributed by atoms with Crippen LogP contribution in [0.15, 0.2) is 0 Å². The highest BCUT2D eigenvalue weighted by Crippen LogP contribution is 2.13. The molecule has 0 saturated heterocycles. The molecular formula is C25H48N4O6. The van der Waals surface area contributed by atoms with Gasteiger partial charge in [-0.25, -0.2) is 5.43 Å². The SMILES string of the molecule is NN[C@@H](CCCCNC(=O)CCNC(=O)CCCCCCCCCCCCCCC(=O)O)C(=O)O. The van der Waals surface area contributed by atoms with Gasteiger partial charge in [-0.1, -0.05) is 64.2 Å². The number of carboxylic acids is 2. The first-order chi connectivity index (χ1) is 16.9. The third-order valence-electron chi connectivity index (χ3n) is 5.96. The summed E-state index contributed by atoms with van der Waals surface area (Å²) in [6, 6.07) is -0.772. The number of rotatable bonds is 25. The van der Waals surface area contributed by atoms with Crippen LogP contribution in [0.1, 0.15) is 116 Å². The van der Waals surface area contributed by atoms with Crippen molar-refractivity contribution in [3.8, 4) is 0 Å². The Morgan fingerprint density at radius 1 is 0.571 bits per heavy atom. The van der Waals surface area contributed by atoms with Gasteiger partial charge in [0, 0.05) is 32.4 Å². The number of amides is 2. The maximum absolute atomic E-state index is 11.9. The maximum atomic E-state index is 11.9. The molecule has 2 amide bonds. The summed E-state index contributed by atoms with van der Waals surface area (Å²) in [5.74, 6) is 3.32. The zero-order valence-electron chi connectivity index (χ0n) is 21.3. The third kappa shape index (κ3) is 23.3. The quantitative estimate of drug-likeness (QED) is 0.0630. The third-order valence-corrected chi connectivity index (χ3v) is 5.96. The van der Waals surface area contributed by atoms with Crippen molar-refractivity contribution in [1.82, 2.24) is 16.1 Å². The largest absolute Gasteiger partial charge is 0.481 e. The molecule has 0 fully saturated rings. The van der Waals surface area contributed by atoms with Crippen LogP contribution >= 0.6 is 0 Å². The van der Waals surface area contributed by atoms with Crippen LogP contribution in [0.4, 0.5) is 0 Å². The fourth-order valence-corrected chi connectivity index (χ4v) is 3.80. The van der Waals surface area contributed by atoms with Gasteiger partial charge in [0.25, 0.3) is 0 Å². The minimum absolute atomic E-state index is 0.0184. The van der Waals surface area contributed by atoms with Gasteiger partial charge in [0.15, 0.2) is 0 Å². The predicted octanol–water partition coefficient (Wildman–Crippen LogP) is 3.24. The average molecular weight is 501 g/mol. The molecule has 7 N–H and O–H groups in total. The zero-order chi connectivity index (χ0) is 26.2. The van der Waals surface area contributed by atoms with Crippen LogP contribution in [-0.4, -0.2) is 53.1 Å². The van der Waals surface area contributed by atoms with E-state index < -0.39 is 18.0 Å². The number of nitrogens with one attached hydrogen (secondary N) is 3. The van der Waals surface area contributed by atoms with Crippen LogP contribution in [0.25, 0.3) is 0 Å². The first-order valence-corrected chi connectivity index (χ1v) is 13.3. The summed E-state index contributed by atoms with van der Waals surface area (Å²) in [6.45, 7) is 0.792. The van der Waals surface area contributed by atoms with E-state index in [2.05, 4.69) is 16.1 Å². The van der Waals surface area contributed by atoms with Gasteiger partial charge >= 0.3 is 11.9 Å². The molecule has 10 nitrogen and oxygen atoms in total. The van der Waals surface area contributed by atoms with Crippen molar-refractivity contribution in [3.05, 3.63) is 0 Å². The van der Waals surface area contributed by atoms with Crippen LogP contribution in [0.2, 0.25) is 0 Å². The van der Waals surface area contributed by atoms with Gasteiger partial charge in [-0.15, -0.1) is 0 Å². The summed E-state index contributed by atoms with van der Waals surface area (Å²) in [6.07, 6.45) is 16.0. The van der Waals surface area contributed by atoms with Gasteiger partial charge in [0.2, 0.25) is 11.8 Å². The van der Waals surface area contributed by atoms with Crippen molar-refractivity contribution in [2.75, 3.05) is 13.1 Å². The van der Waals surface area contributed by atoms with Crippen LogP contribution in [0.5, 0.6) is 0 Å². The summed E-state index contributed by atoms with van der Waals surface area (Å²) in [4.78, 5) is 44.9. The molecule has 0 rings (SSSR count). The molecule has 35 heavy (non-hydrogen) atoms.